The number of nitrogens with zero attached hydrogens (tertiary/aromatic N) is 2. The van der Waals surface area contributed by atoms with Crippen LogP contribution in [0.5, 0.6) is 5.75 Å². The van der Waals surface area contributed by atoms with E-state index in [1.54, 1.807) is 60.7 Å². The first kappa shape index (κ1) is 31.6. The van der Waals surface area contributed by atoms with Gasteiger partial charge in [-0.3, -0.25) is 13.7 Å². The Morgan fingerprint density at radius 2 is 0.867 bits per heavy atom. The van der Waals surface area contributed by atoms with Crippen LogP contribution < -0.4 is 0 Å². The number of azo groups is 1. The van der Waals surface area contributed by atoms with Gasteiger partial charge in [0.15, 0.2) is 5.75 Å². The molecule has 0 atom stereocenters. The Balaban J connectivity index is 0.000000238. The van der Waals surface area contributed by atoms with E-state index in [0.29, 0.717) is 10.8 Å². The molecule has 4 N–H and O–H groups in total. The number of aromatic hydroxyl groups is 1. The number of hydrogen-bond acceptors (Lipinski definition) is 9. The van der Waals surface area contributed by atoms with E-state index in [1.807, 2.05) is 6.07 Å². The first-order chi connectivity index (χ1) is 21.2. The molecule has 230 valence electrons. The standard InChI is InChI=1S/C20H14N2O7S2.C10H8O3S/c23-20-15-8-4-3-7-14(15)19(31(27,28)29)11-17(20)22-21-16-9-10-18(30(24,25)26)13-6-2-1-5-12(13)16;11-14(12,13)10-7-3-5-8-4-1-2-6-9(8)10/h1-11,23H,(H,24,25,26)(H,27,28,29);1-7H,(H,11,12,13). The van der Waals surface area contributed by atoms with E-state index in [1.165, 1.54) is 30.3 Å². The van der Waals surface area contributed by atoms with Crippen LogP contribution in [-0.4, -0.2) is 44.0 Å². The molecule has 6 rings (SSSR count). The molecule has 0 aliphatic carbocycles. The fraction of sp³-hybridized carbons (Fsp3) is 0. The summed E-state index contributed by atoms with van der Waals surface area (Å²) in [5.74, 6) is -0.342. The second kappa shape index (κ2) is 12.0. The molecule has 0 heterocycles. The summed E-state index contributed by atoms with van der Waals surface area (Å²) in [4.78, 5) is -0.790. The number of phenols is 1. The van der Waals surface area contributed by atoms with Crippen LogP contribution in [0, 0.1) is 0 Å². The number of rotatable bonds is 5. The van der Waals surface area contributed by atoms with Gasteiger partial charge in [0.1, 0.15) is 20.4 Å². The highest BCUT2D eigenvalue weighted by molar-refractivity contribution is 7.86. The molecule has 45 heavy (non-hydrogen) atoms. The van der Waals surface area contributed by atoms with Crippen LogP contribution in [0.2, 0.25) is 0 Å². The molecule has 0 aliphatic heterocycles. The molecule has 0 aromatic heterocycles. The third kappa shape index (κ3) is 6.68. The number of hydrogen-bond donors (Lipinski definition) is 4. The third-order valence-corrected chi connectivity index (χ3v) is 9.39. The molecule has 6 aromatic rings. The molecule has 6 aromatic carbocycles. The van der Waals surface area contributed by atoms with E-state index < -0.39 is 35.2 Å². The molecule has 0 radical (unpaired) electrons. The lowest BCUT2D eigenvalue weighted by Gasteiger charge is -2.09. The zero-order valence-electron chi connectivity index (χ0n) is 22.7. The van der Waals surface area contributed by atoms with Crippen LogP contribution in [0.15, 0.2) is 134 Å². The third-order valence-electron chi connectivity index (χ3n) is 6.67. The lowest BCUT2D eigenvalue weighted by Crippen LogP contribution is -1.99. The quantitative estimate of drug-likeness (QED) is 0.113. The molecule has 0 saturated heterocycles. The zero-order chi connectivity index (χ0) is 32.6. The summed E-state index contributed by atoms with van der Waals surface area (Å²) < 4.78 is 96.8. The summed E-state index contributed by atoms with van der Waals surface area (Å²) in [5, 5.41) is 20.7. The van der Waals surface area contributed by atoms with E-state index in [2.05, 4.69) is 10.2 Å². The summed E-state index contributed by atoms with van der Waals surface area (Å²) in [5.41, 5.74) is -0.00164. The van der Waals surface area contributed by atoms with Crippen LogP contribution >= 0.6 is 0 Å². The fourth-order valence-electron chi connectivity index (χ4n) is 4.70. The lowest BCUT2D eigenvalue weighted by molar-refractivity contribution is 0.478. The Morgan fingerprint density at radius 3 is 1.47 bits per heavy atom. The fourth-order valence-corrected chi connectivity index (χ4v) is 6.83. The maximum absolute atomic E-state index is 11.8. The number of fused-ring (bicyclic) bond motifs is 3. The molecule has 0 fully saturated rings. The van der Waals surface area contributed by atoms with E-state index in [9.17, 15) is 39.5 Å². The van der Waals surface area contributed by atoms with Gasteiger partial charge in [-0.15, -0.1) is 10.2 Å². The van der Waals surface area contributed by atoms with Crippen molar-refractivity contribution in [3.05, 3.63) is 109 Å². The van der Waals surface area contributed by atoms with E-state index in [-0.39, 0.29) is 43.1 Å². The van der Waals surface area contributed by atoms with Crippen LogP contribution in [0.4, 0.5) is 11.4 Å². The average Bonchev–Trinajstić information content (AvgIpc) is 2.99. The molecule has 0 bridgehead atoms. The van der Waals surface area contributed by atoms with Gasteiger partial charge in [-0.1, -0.05) is 84.9 Å². The Morgan fingerprint density at radius 1 is 0.422 bits per heavy atom. The van der Waals surface area contributed by atoms with Gasteiger partial charge in [-0.2, -0.15) is 25.3 Å². The summed E-state index contributed by atoms with van der Waals surface area (Å²) >= 11 is 0. The predicted molar refractivity (Wildman–Crippen MR) is 167 cm³/mol. The SMILES string of the molecule is O=S(=O)(O)c1ccc(N=Nc2cc(S(=O)(=O)O)c3ccccc3c2O)c2ccccc12.O=S(=O)(O)c1cccc2ccccc12. The van der Waals surface area contributed by atoms with Crippen molar-refractivity contribution in [1.29, 1.82) is 0 Å². The summed E-state index contributed by atoms with van der Waals surface area (Å²) in [6.07, 6.45) is 0. The molecule has 0 aliphatic rings. The second-order valence-corrected chi connectivity index (χ2v) is 13.7. The summed E-state index contributed by atoms with van der Waals surface area (Å²) in [6, 6.07) is 27.6. The van der Waals surface area contributed by atoms with Crippen molar-refractivity contribution in [3.8, 4) is 5.75 Å². The van der Waals surface area contributed by atoms with Crippen LogP contribution in [0.1, 0.15) is 0 Å². The topological polar surface area (TPSA) is 208 Å². The maximum Gasteiger partial charge on any atom is 0.295 e. The molecule has 12 nitrogen and oxygen atoms in total. The van der Waals surface area contributed by atoms with Gasteiger partial charge in [-0.25, -0.2) is 0 Å². The first-order valence-electron chi connectivity index (χ1n) is 12.7. The summed E-state index contributed by atoms with van der Waals surface area (Å²) in [7, 11) is -13.2. The molecular formula is C30H22N2O10S3. The summed E-state index contributed by atoms with van der Waals surface area (Å²) in [6.45, 7) is 0. The Hall–Kier alpha value is -4.77. The minimum absolute atomic E-state index is 0.0457. The van der Waals surface area contributed by atoms with Crippen molar-refractivity contribution in [2.45, 2.75) is 14.7 Å². The minimum Gasteiger partial charge on any atom is -0.505 e. The Labute approximate surface area is 257 Å². The monoisotopic (exact) mass is 666 g/mol. The lowest BCUT2D eigenvalue weighted by atomic mass is 10.1. The van der Waals surface area contributed by atoms with Crippen LogP contribution in [0.3, 0.4) is 0 Å². The van der Waals surface area contributed by atoms with Crippen molar-refractivity contribution in [2.75, 3.05) is 0 Å². The maximum atomic E-state index is 11.8. The van der Waals surface area contributed by atoms with Gasteiger partial charge in [0.05, 0.1) is 5.69 Å². The zero-order valence-corrected chi connectivity index (χ0v) is 25.2. The van der Waals surface area contributed by atoms with Crippen molar-refractivity contribution >= 4 is 74.0 Å². The first-order valence-corrected chi connectivity index (χ1v) is 17.1. The molecular weight excluding hydrogens is 645 g/mol. The van der Waals surface area contributed by atoms with Crippen LogP contribution in [-0.2, 0) is 30.4 Å². The van der Waals surface area contributed by atoms with Gasteiger partial charge >= 0.3 is 0 Å². The van der Waals surface area contributed by atoms with Gasteiger partial charge in [0, 0.05) is 26.9 Å². The second-order valence-electron chi connectivity index (χ2n) is 9.52. The molecule has 15 heteroatoms. The van der Waals surface area contributed by atoms with E-state index in [0.717, 1.165) is 17.5 Å². The number of phenolic OH excluding ortho intramolecular Hbond substituents is 1. The normalized spacial score (nSPS) is 12.4. The Kier molecular flexibility index (Phi) is 8.41. The minimum atomic E-state index is -4.62. The van der Waals surface area contributed by atoms with Crippen molar-refractivity contribution in [3.63, 3.8) is 0 Å². The van der Waals surface area contributed by atoms with Gasteiger partial charge < -0.3 is 5.11 Å². The highest BCUT2D eigenvalue weighted by Gasteiger charge is 2.20. The molecule has 0 spiro atoms. The predicted octanol–water partition coefficient (Wildman–Crippen LogP) is 6.69. The highest BCUT2D eigenvalue weighted by Crippen LogP contribution is 2.40. The van der Waals surface area contributed by atoms with Crippen molar-refractivity contribution in [2.24, 2.45) is 10.2 Å². The largest absolute Gasteiger partial charge is 0.505 e. The van der Waals surface area contributed by atoms with Gasteiger partial charge in [-0.05, 0) is 29.7 Å². The molecule has 0 saturated carbocycles. The van der Waals surface area contributed by atoms with E-state index in [4.69, 9.17) is 4.55 Å². The van der Waals surface area contributed by atoms with Crippen LogP contribution in [0.25, 0.3) is 32.3 Å². The van der Waals surface area contributed by atoms with E-state index >= 15 is 0 Å². The van der Waals surface area contributed by atoms with Crippen molar-refractivity contribution < 1.29 is 44.0 Å². The average molecular weight is 667 g/mol. The van der Waals surface area contributed by atoms with Gasteiger partial charge in [0.25, 0.3) is 30.4 Å². The van der Waals surface area contributed by atoms with Crippen molar-refractivity contribution in [1.82, 2.24) is 0 Å². The highest BCUT2D eigenvalue weighted by atomic mass is 32.2. The molecule has 0 unspecified atom stereocenters. The smallest absolute Gasteiger partial charge is 0.295 e. The molecule has 0 amide bonds. The van der Waals surface area contributed by atoms with Gasteiger partial charge in [0.2, 0.25) is 0 Å². The number of benzene rings is 6. The Bertz CT molecular complexity index is 2470.